The van der Waals surface area contributed by atoms with Gasteiger partial charge in [0.15, 0.2) is 17.1 Å². The number of primary amides is 1. The monoisotopic (exact) mass is 636 g/mol. The van der Waals surface area contributed by atoms with Gasteiger partial charge in [-0.05, 0) is 56.5 Å². The van der Waals surface area contributed by atoms with Gasteiger partial charge in [-0.2, -0.15) is 13.2 Å². The van der Waals surface area contributed by atoms with Gasteiger partial charge in [-0.1, -0.05) is 0 Å². The number of ketones is 2. The molecule has 1 amide bonds. The Morgan fingerprint density at radius 3 is 2.36 bits per heavy atom. The van der Waals surface area contributed by atoms with Crippen LogP contribution in [0, 0.1) is 11.8 Å². The molecule has 5 rings (SSSR count). The molecule has 15 heteroatoms. The number of nitrogens with two attached hydrogens (primary N) is 1. The Balaban J connectivity index is 1.63. The van der Waals surface area contributed by atoms with Gasteiger partial charge in [-0.3, -0.25) is 19.3 Å². The van der Waals surface area contributed by atoms with E-state index < -0.39 is 75.7 Å². The molecule has 1 fully saturated rings. The summed E-state index contributed by atoms with van der Waals surface area (Å²) in [6, 6.07) is 0.465. The van der Waals surface area contributed by atoms with E-state index in [0.717, 1.165) is 16.7 Å². The number of carbonyl (C=O) groups excluding carboxylic acids is 3. The fraction of sp³-hybridized carbons (Fsp3) is 0.448. The zero-order valence-corrected chi connectivity index (χ0v) is 25.0. The average Bonchev–Trinajstić information content (AvgIpc) is 3.39. The molecule has 236 valence electrons. The Kier molecular flexibility index (Phi) is 7.58. The maximum atomic E-state index is 14.1. The molecule has 1 saturated carbocycles. The normalized spacial score (nSPS) is 25.2. The predicted octanol–water partition coefficient (Wildman–Crippen LogP) is 2.29. The van der Waals surface area contributed by atoms with Gasteiger partial charge in [-0.15, -0.1) is 11.3 Å². The molecular formula is C29H31F3N4O7S. The number of nitrogens with zero attached hydrogens (tertiary/aromatic N) is 3. The standard InChI is InChI=1S/C29H31F3N4O7S/c1-35(2)15-9-11(5-6-17-34-16(10-44-17)29(30,31)32)22(37)19-13(15)7-12-8-14-21(36(3)4)24(39)20(27(33)42)26(41)28(14,43)25(40)18(12)23(19)38/h9-10,12,14,21,37-38,41,43H,5-8H2,1-4H3,(H2,33,42)/t12-,14-,21?,28-/m0/s1. The second-order valence-electron chi connectivity index (χ2n) is 11.7. The Bertz CT molecular complexity index is 1660. The van der Waals surface area contributed by atoms with Gasteiger partial charge >= 0.3 is 6.18 Å². The van der Waals surface area contributed by atoms with Crippen LogP contribution in [0.15, 0.2) is 28.4 Å². The summed E-state index contributed by atoms with van der Waals surface area (Å²) in [6.07, 6.45) is -4.43. The number of aliphatic hydroxyl groups excluding tert-OH is 2. The van der Waals surface area contributed by atoms with Gasteiger partial charge in [0, 0.05) is 43.1 Å². The van der Waals surface area contributed by atoms with Crippen LogP contribution in [-0.2, 0) is 39.8 Å². The van der Waals surface area contributed by atoms with E-state index in [1.165, 1.54) is 19.0 Å². The van der Waals surface area contributed by atoms with Crippen LogP contribution >= 0.6 is 11.3 Å². The molecule has 4 atom stereocenters. The van der Waals surface area contributed by atoms with Gasteiger partial charge in [0.25, 0.3) is 5.91 Å². The van der Waals surface area contributed by atoms with E-state index >= 15 is 0 Å². The van der Waals surface area contributed by atoms with Gasteiger partial charge in [0.1, 0.15) is 22.8 Å². The number of hydrogen-bond acceptors (Lipinski definition) is 11. The lowest BCUT2D eigenvalue weighted by molar-refractivity contribution is -0.153. The van der Waals surface area contributed by atoms with Crippen molar-refractivity contribution < 1.29 is 48.0 Å². The largest absolute Gasteiger partial charge is 0.508 e. The van der Waals surface area contributed by atoms with Crippen molar-refractivity contribution in [3.05, 3.63) is 55.7 Å². The molecule has 1 unspecified atom stereocenters. The zero-order chi connectivity index (χ0) is 32.6. The Hall–Kier alpha value is -3.95. The molecule has 0 spiro atoms. The van der Waals surface area contributed by atoms with E-state index in [4.69, 9.17) is 5.73 Å². The summed E-state index contributed by atoms with van der Waals surface area (Å²) >= 11 is 0.829. The third-order valence-corrected chi connectivity index (χ3v) is 9.62. The number of amides is 1. The average molecular weight is 637 g/mol. The number of benzene rings is 1. The number of aliphatic hydroxyl groups is 3. The predicted molar refractivity (Wildman–Crippen MR) is 153 cm³/mol. The minimum absolute atomic E-state index is 0.0489. The minimum Gasteiger partial charge on any atom is -0.508 e. The molecule has 1 aromatic carbocycles. The number of phenols is 1. The number of carbonyl (C=O) groups is 3. The first-order valence-electron chi connectivity index (χ1n) is 13.6. The Labute approximate surface area is 253 Å². The van der Waals surface area contributed by atoms with Gasteiger partial charge in [-0.25, -0.2) is 4.98 Å². The van der Waals surface area contributed by atoms with Crippen LogP contribution in [0.2, 0.25) is 0 Å². The van der Waals surface area contributed by atoms with Crippen LogP contribution < -0.4 is 10.6 Å². The van der Waals surface area contributed by atoms with Crippen molar-refractivity contribution in [2.75, 3.05) is 33.1 Å². The first-order chi connectivity index (χ1) is 20.4. The number of thiazole rings is 1. The third kappa shape index (κ3) is 4.64. The molecule has 0 bridgehead atoms. The van der Waals surface area contributed by atoms with Crippen molar-refractivity contribution in [2.24, 2.45) is 17.6 Å². The van der Waals surface area contributed by atoms with E-state index in [0.29, 0.717) is 11.3 Å². The lowest BCUT2D eigenvalue weighted by Gasteiger charge is -2.50. The summed E-state index contributed by atoms with van der Waals surface area (Å²) in [7, 11) is 6.49. The summed E-state index contributed by atoms with van der Waals surface area (Å²) in [5, 5.41) is 46.8. The van der Waals surface area contributed by atoms with Crippen molar-refractivity contribution in [2.45, 2.75) is 43.5 Å². The number of halogens is 3. The second kappa shape index (κ2) is 10.6. The molecule has 1 aromatic heterocycles. The number of aromatic hydroxyl groups is 1. The van der Waals surface area contributed by atoms with Crippen molar-refractivity contribution in [3.8, 4) is 5.75 Å². The van der Waals surface area contributed by atoms with Crippen molar-refractivity contribution >= 4 is 40.3 Å². The van der Waals surface area contributed by atoms with Crippen molar-refractivity contribution in [1.29, 1.82) is 0 Å². The molecule has 3 aliphatic carbocycles. The highest BCUT2D eigenvalue weighted by Gasteiger charge is 2.64. The maximum Gasteiger partial charge on any atom is 0.434 e. The van der Waals surface area contributed by atoms with Gasteiger partial charge in [0.05, 0.1) is 16.6 Å². The number of fused-ring (bicyclic) bond motifs is 3. The number of likely N-dealkylation sites (N-methyl/N-ethyl adjacent to an activating group) is 1. The lowest BCUT2D eigenvalue weighted by atomic mass is 9.57. The first-order valence-corrected chi connectivity index (χ1v) is 14.5. The van der Waals surface area contributed by atoms with E-state index in [1.807, 2.05) is 0 Å². The highest BCUT2D eigenvalue weighted by Crippen LogP contribution is 2.54. The topological polar surface area (TPSA) is 178 Å². The van der Waals surface area contributed by atoms with Crippen LogP contribution in [0.4, 0.5) is 18.9 Å². The van der Waals surface area contributed by atoms with Crippen LogP contribution in [0.25, 0.3) is 5.76 Å². The molecule has 6 N–H and O–H groups in total. The molecule has 2 aromatic rings. The van der Waals surface area contributed by atoms with Crippen molar-refractivity contribution in [3.63, 3.8) is 0 Å². The van der Waals surface area contributed by atoms with E-state index in [2.05, 4.69) is 4.98 Å². The number of hydrogen-bond donors (Lipinski definition) is 5. The minimum atomic E-state index is -4.59. The summed E-state index contributed by atoms with van der Waals surface area (Å²) in [6.45, 7) is 0. The fourth-order valence-electron chi connectivity index (χ4n) is 6.73. The number of aryl methyl sites for hydroxylation is 2. The molecule has 3 aliphatic rings. The quantitative estimate of drug-likeness (QED) is 0.296. The van der Waals surface area contributed by atoms with Crippen LogP contribution in [0.3, 0.4) is 0 Å². The van der Waals surface area contributed by atoms with E-state index in [9.17, 15) is 48.0 Å². The Morgan fingerprint density at radius 1 is 1.16 bits per heavy atom. The molecule has 0 saturated heterocycles. The van der Waals surface area contributed by atoms with Crippen molar-refractivity contribution in [1.82, 2.24) is 9.88 Å². The highest BCUT2D eigenvalue weighted by molar-refractivity contribution is 7.09. The fourth-order valence-corrected chi connectivity index (χ4v) is 7.54. The molecule has 1 heterocycles. The number of anilines is 1. The Morgan fingerprint density at radius 2 is 1.82 bits per heavy atom. The maximum absolute atomic E-state index is 14.1. The molecule has 0 aliphatic heterocycles. The van der Waals surface area contributed by atoms with Crippen LogP contribution in [0.5, 0.6) is 5.75 Å². The first kappa shape index (κ1) is 31.5. The molecular weight excluding hydrogens is 605 g/mol. The summed E-state index contributed by atoms with van der Waals surface area (Å²) in [4.78, 5) is 46.2. The summed E-state index contributed by atoms with van der Waals surface area (Å²) < 4.78 is 39.1. The summed E-state index contributed by atoms with van der Waals surface area (Å²) in [5.41, 5.74) is 1.64. The molecule has 11 nitrogen and oxygen atoms in total. The van der Waals surface area contributed by atoms with Crippen LogP contribution in [-0.4, -0.2) is 87.6 Å². The summed E-state index contributed by atoms with van der Waals surface area (Å²) in [5.74, 6) is -7.44. The number of rotatable bonds is 6. The van der Waals surface area contributed by atoms with Crippen LogP contribution in [0.1, 0.15) is 33.8 Å². The number of phenolic OH excluding ortho intramolecular Hbond substituents is 1. The highest BCUT2D eigenvalue weighted by atomic mass is 32.1. The number of Topliss-reactive ketones (excluding diaryl/α,β-unsaturated/α-hetero) is 2. The zero-order valence-electron chi connectivity index (χ0n) is 24.2. The van der Waals surface area contributed by atoms with Gasteiger partial charge < -0.3 is 31.1 Å². The lowest BCUT2D eigenvalue weighted by Crippen LogP contribution is -2.65. The third-order valence-electron chi connectivity index (χ3n) is 8.71. The smallest absolute Gasteiger partial charge is 0.434 e. The molecule has 0 radical (unpaired) electrons. The van der Waals surface area contributed by atoms with Gasteiger partial charge in [0.2, 0.25) is 5.78 Å². The number of alkyl halides is 3. The molecule has 44 heavy (non-hydrogen) atoms. The van der Waals surface area contributed by atoms with E-state index in [-0.39, 0.29) is 47.4 Å². The SMILES string of the molecule is CN(C)c1cc(CCc2nc(C(F)(F)F)cs2)c(O)c2c1C[C@H]1C[C@H]3C(N(C)C)C(=O)C(C(N)=O)=C(O)[C@@]3(O)C(=O)C1=C2O. The number of aromatic nitrogens is 1. The van der Waals surface area contributed by atoms with E-state index in [1.54, 1.807) is 25.1 Å². The second-order valence-corrected chi connectivity index (χ2v) is 12.7.